The van der Waals surface area contributed by atoms with Gasteiger partial charge in [-0.1, -0.05) is 6.92 Å². The van der Waals surface area contributed by atoms with E-state index in [0.29, 0.717) is 0 Å². The molecule has 0 saturated carbocycles. The van der Waals surface area contributed by atoms with Gasteiger partial charge in [-0.25, -0.2) is 0 Å². The number of aromatic nitrogens is 2. The molecule has 0 aromatic carbocycles. The van der Waals surface area contributed by atoms with Gasteiger partial charge in [-0.15, -0.1) is 0 Å². The maximum atomic E-state index is 4.45. The zero-order valence-electron chi connectivity index (χ0n) is 10.5. The lowest BCUT2D eigenvalue weighted by atomic mass is 10.2. The molecule has 0 atom stereocenters. The van der Waals surface area contributed by atoms with E-state index in [2.05, 4.69) is 43.3 Å². The first-order valence-electron chi connectivity index (χ1n) is 5.48. The summed E-state index contributed by atoms with van der Waals surface area (Å²) in [7, 11) is 6.10. The number of anilines is 1. The van der Waals surface area contributed by atoms with Crippen LogP contribution in [0.25, 0.3) is 0 Å². The van der Waals surface area contributed by atoms with Gasteiger partial charge in [-0.3, -0.25) is 4.68 Å². The molecular weight excluding hydrogens is 188 g/mol. The van der Waals surface area contributed by atoms with Crippen molar-refractivity contribution in [1.29, 1.82) is 0 Å². The van der Waals surface area contributed by atoms with Gasteiger partial charge in [0.2, 0.25) is 0 Å². The Hall–Kier alpha value is -1.03. The Morgan fingerprint density at radius 1 is 1.40 bits per heavy atom. The highest BCUT2D eigenvalue weighted by Gasteiger charge is 2.13. The average molecular weight is 210 g/mol. The van der Waals surface area contributed by atoms with Crippen molar-refractivity contribution in [3.05, 3.63) is 11.3 Å². The molecule has 1 aromatic rings. The third-order valence-corrected chi connectivity index (χ3v) is 2.47. The Balaban J connectivity index is 2.84. The van der Waals surface area contributed by atoms with Crippen molar-refractivity contribution in [1.82, 2.24) is 15.1 Å². The normalized spacial score (nSPS) is 10.7. The molecule has 1 N–H and O–H groups in total. The summed E-state index contributed by atoms with van der Waals surface area (Å²) in [6.07, 6.45) is 1.16. The Labute approximate surface area is 92.3 Å². The summed E-state index contributed by atoms with van der Waals surface area (Å²) in [5.74, 6) is 1.19. The maximum Gasteiger partial charge on any atom is 0.130 e. The molecular formula is C11H22N4. The van der Waals surface area contributed by atoms with Crippen LogP contribution in [-0.4, -0.2) is 30.4 Å². The van der Waals surface area contributed by atoms with Crippen LogP contribution in [0.5, 0.6) is 0 Å². The molecule has 0 aliphatic rings. The molecule has 86 valence electrons. The van der Waals surface area contributed by atoms with E-state index in [0.717, 1.165) is 25.2 Å². The molecule has 0 radical (unpaired) electrons. The van der Waals surface area contributed by atoms with Crippen molar-refractivity contribution in [3.63, 3.8) is 0 Å². The lowest BCUT2D eigenvalue weighted by Crippen LogP contribution is -2.19. The Morgan fingerprint density at radius 2 is 2.07 bits per heavy atom. The van der Waals surface area contributed by atoms with Crippen LogP contribution in [0.2, 0.25) is 0 Å². The molecule has 0 saturated heterocycles. The fourth-order valence-corrected chi connectivity index (χ4v) is 1.85. The first-order chi connectivity index (χ1) is 7.07. The summed E-state index contributed by atoms with van der Waals surface area (Å²) in [4.78, 5) is 2.11. The molecule has 1 heterocycles. The van der Waals surface area contributed by atoms with E-state index in [-0.39, 0.29) is 0 Å². The van der Waals surface area contributed by atoms with Crippen LogP contribution in [0.1, 0.15) is 24.6 Å². The molecule has 1 rings (SSSR count). The van der Waals surface area contributed by atoms with Crippen molar-refractivity contribution in [2.45, 2.75) is 26.8 Å². The Bertz CT molecular complexity index is 315. The smallest absolute Gasteiger partial charge is 0.130 e. The van der Waals surface area contributed by atoms with Gasteiger partial charge < -0.3 is 10.2 Å². The van der Waals surface area contributed by atoms with E-state index >= 15 is 0 Å². The topological polar surface area (TPSA) is 33.1 Å². The SMILES string of the molecule is CCCNCc1c(C)nn(C)c1N(C)C. The highest BCUT2D eigenvalue weighted by atomic mass is 15.4. The van der Waals surface area contributed by atoms with Crippen molar-refractivity contribution < 1.29 is 0 Å². The zero-order chi connectivity index (χ0) is 11.4. The summed E-state index contributed by atoms with van der Waals surface area (Å²) in [5.41, 5.74) is 2.42. The van der Waals surface area contributed by atoms with Crippen molar-refractivity contribution in [3.8, 4) is 0 Å². The standard InChI is InChI=1S/C11H22N4/c1-6-7-12-8-10-9(2)13-15(5)11(10)14(3)4/h12H,6-8H2,1-5H3. The summed E-state index contributed by atoms with van der Waals surface area (Å²) >= 11 is 0. The van der Waals surface area contributed by atoms with Crippen LogP contribution in [0, 0.1) is 6.92 Å². The highest BCUT2D eigenvalue weighted by molar-refractivity contribution is 5.48. The van der Waals surface area contributed by atoms with Crippen molar-refractivity contribution >= 4 is 5.82 Å². The average Bonchev–Trinajstić information content (AvgIpc) is 2.42. The van der Waals surface area contributed by atoms with E-state index in [4.69, 9.17) is 0 Å². The minimum absolute atomic E-state index is 0.904. The lowest BCUT2D eigenvalue weighted by molar-refractivity contribution is 0.672. The molecule has 4 heteroatoms. The number of nitrogens with zero attached hydrogens (tertiary/aromatic N) is 3. The minimum Gasteiger partial charge on any atom is -0.363 e. The summed E-state index contributed by atoms with van der Waals surface area (Å²) in [6, 6.07) is 0. The number of hydrogen-bond acceptors (Lipinski definition) is 3. The Kier molecular flexibility index (Phi) is 4.15. The number of aryl methyl sites for hydroxylation is 2. The monoisotopic (exact) mass is 210 g/mol. The van der Waals surface area contributed by atoms with Gasteiger partial charge >= 0.3 is 0 Å². The van der Waals surface area contributed by atoms with Gasteiger partial charge in [-0.2, -0.15) is 5.10 Å². The molecule has 0 fully saturated rings. The van der Waals surface area contributed by atoms with Crippen LogP contribution in [-0.2, 0) is 13.6 Å². The second-order valence-electron chi connectivity index (χ2n) is 4.08. The van der Waals surface area contributed by atoms with Crippen molar-refractivity contribution in [2.75, 3.05) is 25.5 Å². The predicted octanol–water partition coefficient (Wildman–Crippen LogP) is 1.29. The second-order valence-corrected chi connectivity index (χ2v) is 4.08. The summed E-state index contributed by atoms with van der Waals surface area (Å²) < 4.78 is 1.94. The summed E-state index contributed by atoms with van der Waals surface area (Å²) in [6.45, 7) is 6.20. The molecule has 15 heavy (non-hydrogen) atoms. The van der Waals surface area contributed by atoms with Crippen LogP contribution >= 0.6 is 0 Å². The Morgan fingerprint density at radius 3 is 2.60 bits per heavy atom. The zero-order valence-corrected chi connectivity index (χ0v) is 10.5. The molecule has 0 aliphatic heterocycles. The van der Waals surface area contributed by atoms with E-state index < -0.39 is 0 Å². The minimum atomic E-state index is 0.904. The van der Waals surface area contributed by atoms with Gasteiger partial charge in [0.05, 0.1) is 5.69 Å². The van der Waals surface area contributed by atoms with Gasteiger partial charge in [0.25, 0.3) is 0 Å². The van der Waals surface area contributed by atoms with Gasteiger partial charge in [-0.05, 0) is 19.9 Å². The van der Waals surface area contributed by atoms with Crippen LogP contribution < -0.4 is 10.2 Å². The van der Waals surface area contributed by atoms with Gasteiger partial charge in [0.1, 0.15) is 5.82 Å². The van der Waals surface area contributed by atoms with Crippen LogP contribution in [0.4, 0.5) is 5.82 Å². The van der Waals surface area contributed by atoms with E-state index in [1.165, 1.54) is 11.4 Å². The fourth-order valence-electron chi connectivity index (χ4n) is 1.85. The first-order valence-corrected chi connectivity index (χ1v) is 5.48. The molecule has 0 amide bonds. The maximum absolute atomic E-state index is 4.45. The second kappa shape index (κ2) is 5.16. The molecule has 1 aromatic heterocycles. The highest BCUT2D eigenvalue weighted by Crippen LogP contribution is 2.20. The third kappa shape index (κ3) is 2.72. The third-order valence-electron chi connectivity index (χ3n) is 2.47. The number of hydrogen-bond donors (Lipinski definition) is 1. The summed E-state index contributed by atoms with van der Waals surface area (Å²) in [5, 5.41) is 7.87. The fraction of sp³-hybridized carbons (Fsp3) is 0.727. The molecule has 0 spiro atoms. The van der Waals surface area contributed by atoms with Gasteiger partial charge in [0, 0.05) is 33.3 Å². The lowest BCUT2D eigenvalue weighted by Gasteiger charge is -2.15. The van der Waals surface area contributed by atoms with Crippen LogP contribution in [0.15, 0.2) is 0 Å². The van der Waals surface area contributed by atoms with E-state index in [1.54, 1.807) is 0 Å². The largest absolute Gasteiger partial charge is 0.363 e. The molecule has 0 bridgehead atoms. The molecule has 4 nitrogen and oxygen atoms in total. The molecule has 0 unspecified atom stereocenters. The first kappa shape index (κ1) is 12.0. The van der Waals surface area contributed by atoms with Gasteiger partial charge in [0.15, 0.2) is 0 Å². The number of rotatable bonds is 5. The number of nitrogens with one attached hydrogen (secondary N) is 1. The van der Waals surface area contributed by atoms with E-state index in [1.807, 2.05) is 11.7 Å². The van der Waals surface area contributed by atoms with Crippen LogP contribution in [0.3, 0.4) is 0 Å². The van der Waals surface area contributed by atoms with Crippen molar-refractivity contribution in [2.24, 2.45) is 7.05 Å². The molecule has 0 aliphatic carbocycles. The predicted molar refractivity (Wildman–Crippen MR) is 64.3 cm³/mol. The quantitative estimate of drug-likeness (QED) is 0.744. The van der Waals surface area contributed by atoms with E-state index in [9.17, 15) is 0 Å².